The van der Waals surface area contributed by atoms with Crippen LogP contribution in [0, 0.1) is 6.92 Å². The first kappa shape index (κ1) is 16.1. The molecule has 3 heterocycles. The fraction of sp³-hybridized carbons (Fsp3) is 0.750. The van der Waals surface area contributed by atoms with E-state index >= 15 is 0 Å². The summed E-state index contributed by atoms with van der Waals surface area (Å²) in [7, 11) is 1.88. The average molecular weight is 322 g/mol. The molecule has 0 aromatic carbocycles. The molecule has 7 heteroatoms. The van der Waals surface area contributed by atoms with Crippen LogP contribution in [0.1, 0.15) is 38.4 Å². The summed E-state index contributed by atoms with van der Waals surface area (Å²) in [6.07, 6.45) is 0.478. The lowest BCUT2D eigenvalue weighted by molar-refractivity contribution is -0.00581. The molecule has 128 valence electrons. The predicted molar refractivity (Wildman–Crippen MR) is 85.4 cm³/mol. The number of fused-ring (bicyclic) bond motifs is 2. The first-order chi connectivity index (χ1) is 10.8. The highest BCUT2D eigenvalue weighted by atomic mass is 16.6. The number of aromatic nitrogens is 2. The van der Waals surface area contributed by atoms with E-state index in [1.54, 1.807) is 4.68 Å². The van der Waals surface area contributed by atoms with Gasteiger partial charge >= 0.3 is 6.09 Å². The van der Waals surface area contributed by atoms with Crippen LogP contribution in [0.4, 0.5) is 4.79 Å². The van der Waals surface area contributed by atoms with Gasteiger partial charge in [-0.25, -0.2) is 9.48 Å². The highest BCUT2D eigenvalue weighted by molar-refractivity contribution is 5.69. The summed E-state index contributed by atoms with van der Waals surface area (Å²) < 4.78 is 13.6. The Kier molecular flexibility index (Phi) is 4.00. The van der Waals surface area contributed by atoms with E-state index in [-0.39, 0.29) is 18.2 Å². The van der Waals surface area contributed by atoms with E-state index in [9.17, 15) is 4.79 Å². The molecule has 0 unspecified atom stereocenters. The fourth-order valence-electron chi connectivity index (χ4n) is 3.25. The Morgan fingerprint density at radius 1 is 1.43 bits per heavy atom. The Balaban J connectivity index is 1.95. The lowest BCUT2D eigenvalue weighted by Crippen LogP contribution is -2.56. The van der Waals surface area contributed by atoms with Gasteiger partial charge in [0, 0.05) is 13.6 Å². The first-order valence-corrected chi connectivity index (χ1v) is 8.16. The van der Waals surface area contributed by atoms with Crippen LogP contribution in [-0.4, -0.2) is 51.6 Å². The minimum absolute atomic E-state index is 0.0119. The quantitative estimate of drug-likeness (QED) is 0.785. The zero-order valence-corrected chi connectivity index (χ0v) is 14.5. The highest BCUT2D eigenvalue weighted by Crippen LogP contribution is 2.32. The van der Waals surface area contributed by atoms with Gasteiger partial charge in [-0.1, -0.05) is 0 Å². The van der Waals surface area contributed by atoms with E-state index < -0.39 is 5.60 Å². The molecule has 1 N–H and O–H groups in total. The van der Waals surface area contributed by atoms with Crippen molar-refractivity contribution in [2.24, 2.45) is 7.05 Å². The second kappa shape index (κ2) is 5.70. The van der Waals surface area contributed by atoms with Crippen molar-refractivity contribution in [3.63, 3.8) is 0 Å². The molecule has 1 aromatic rings. The Labute approximate surface area is 136 Å². The van der Waals surface area contributed by atoms with Crippen molar-refractivity contribution in [1.82, 2.24) is 20.0 Å². The zero-order valence-electron chi connectivity index (χ0n) is 14.5. The second-order valence-electron chi connectivity index (χ2n) is 7.32. The van der Waals surface area contributed by atoms with Crippen molar-refractivity contribution in [3.05, 3.63) is 11.3 Å². The number of carbonyl (C=O) groups is 1. The van der Waals surface area contributed by atoms with Crippen molar-refractivity contribution in [2.45, 2.75) is 58.4 Å². The number of nitrogens with one attached hydrogen (secondary N) is 1. The summed E-state index contributed by atoms with van der Waals surface area (Å²) in [4.78, 5) is 14.6. The van der Waals surface area contributed by atoms with Gasteiger partial charge in [-0.05, 0) is 40.7 Å². The summed E-state index contributed by atoms with van der Waals surface area (Å²) in [6.45, 7) is 9.68. The molecule has 1 saturated heterocycles. The topological polar surface area (TPSA) is 68.6 Å². The smallest absolute Gasteiger partial charge is 0.410 e. The molecule has 0 radical (unpaired) electrons. The standard InChI is InChI=1S/C16H26N4O3/c1-10-11-9-20(15(21)23-16(2,3)4)12-6-7-17-8-13(12)22-14(11)19(5)18-10/h12-13,17H,6-9H2,1-5H3/t12-,13-/m1/s1. The molecule has 2 aliphatic rings. The number of nitrogens with zero attached hydrogens (tertiary/aromatic N) is 3. The number of carbonyl (C=O) groups excluding carboxylic acids is 1. The van der Waals surface area contributed by atoms with Crippen LogP contribution in [0.5, 0.6) is 5.88 Å². The zero-order chi connectivity index (χ0) is 16.8. The van der Waals surface area contributed by atoms with Crippen LogP contribution in [0.15, 0.2) is 0 Å². The van der Waals surface area contributed by atoms with Crippen molar-refractivity contribution < 1.29 is 14.3 Å². The van der Waals surface area contributed by atoms with Gasteiger partial charge in [0.25, 0.3) is 0 Å². The molecule has 1 amide bonds. The maximum atomic E-state index is 12.7. The van der Waals surface area contributed by atoms with Crippen LogP contribution >= 0.6 is 0 Å². The van der Waals surface area contributed by atoms with E-state index in [1.165, 1.54) is 0 Å². The second-order valence-corrected chi connectivity index (χ2v) is 7.32. The number of amides is 1. The lowest BCUT2D eigenvalue weighted by atomic mass is 10.0. The van der Waals surface area contributed by atoms with Gasteiger partial charge in [-0.15, -0.1) is 0 Å². The molecule has 0 spiro atoms. The summed E-state index contributed by atoms with van der Waals surface area (Å²) in [5.74, 6) is 0.757. The van der Waals surface area contributed by atoms with Gasteiger partial charge in [0.1, 0.15) is 11.7 Å². The maximum Gasteiger partial charge on any atom is 0.410 e. The van der Waals surface area contributed by atoms with E-state index in [0.717, 1.165) is 30.1 Å². The third kappa shape index (κ3) is 3.15. The molecule has 7 nitrogen and oxygen atoms in total. The molecular formula is C16H26N4O3. The Bertz CT molecular complexity index is 605. The number of piperidine rings is 1. The van der Waals surface area contributed by atoms with Gasteiger partial charge in [-0.2, -0.15) is 5.10 Å². The van der Waals surface area contributed by atoms with Gasteiger partial charge in [0.15, 0.2) is 0 Å². The number of rotatable bonds is 0. The normalized spacial score (nSPS) is 24.3. The lowest BCUT2D eigenvalue weighted by Gasteiger charge is -2.38. The monoisotopic (exact) mass is 322 g/mol. The number of aryl methyl sites for hydroxylation is 2. The Hall–Kier alpha value is -1.76. The molecule has 2 aliphatic heterocycles. The first-order valence-electron chi connectivity index (χ1n) is 8.16. The molecular weight excluding hydrogens is 296 g/mol. The predicted octanol–water partition coefficient (Wildman–Crippen LogP) is 1.59. The third-order valence-electron chi connectivity index (χ3n) is 4.30. The summed E-state index contributed by atoms with van der Waals surface area (Å²) in [5.41, 5.74) is 1.34. The van der Waals surface area contributed by atoms with Gasteiger partial charge in [-0.3, -0.25) is 4.90 Å². The molecule has 1 aromatic heterocycles. The van der Waals surface area contributed by atoms with Crippen molar-refractivity contribution in [2.75, 3.05) is 13.1 Å². The Morgan fingerprint density at radius 2 is 2.17 bits per heavy atom. The minimum atomic E-state index is -0.514. The van der Waals surface area contributed by atoms with Crippen molar-refractivity contribution in [1.29, 1.82) is 0 Å². The molecule has 0 aliphatic carbocycles. The average Bonchev–Trinajstić information content (AvgIpc) is 2.63. The molecule has 1 fully saturated rings. The fourth-order valence-corrected chi connectivity index (χ4v) is 3.25. The molecule has 0 saturated carbocycles. The maximum absolute atomic E-state index is 12.7. The van der Waals surface area contributed by atoms with Crippen LogP contribution in [0.3, 0.4) is 0 Å². The van der Waals surface area contributed by atoms with Crippen molar-refractivity contribution >= 4 is 6.09 Å². The largest absolute Gasteiger partial charge is 0.471 e. The Morgan fingerprint density at radius 3 is 2.87 bits per heavy atom. The van der Waals surface area contributed by atoms with Crippen LogP contribution in [-0.2, 0) is 18.3 Å². The van der Waals surface area contributed by atoms with E-state index in [1.807, 2.05) is 39.6 Å². The van der Waals surface area contributed by atoms with Gasteiger partial charge in [0.05, 0.1) is 23.8 Å². The molecule has 2 atom stereocenters. The molecule has 23 heavy (non-hydrogen) atoms. The molecule has 0 bridgehead atoms. The third-order valence-corrected chi connectivity index (χ3v) is 4.30. The highest BCUT2D eigenvalue weighted by Gasteiger charge is 2.40. The van der Waals surface area contributed by atoms with Gasteiger partial charge < -0.3 is 14.8 Å². The SMILES string of the molecule is Cc1nn(C)c2c1CN(C(=O)OC(C)(C)C)[C@@H]1CCNC[C@H]1O2. The summed E-state index contributed by atoms with van der Waals surface area (Å²) in [5, 5.41) is 7.78. The van der Waals surface area contributed by atoms with Gasteiger partial charge in [0.2, 0.25) is 5.88 Å². The van der Waals surface area contributed by atoms with Crippen LogP contribution < -0.4 is 10.1 Å². The van der Waals surface area contributed by atoms with E-state index in [2.05, 4.69) is 10.4 Å². The van der Waals surface area contributed by atoms with E-state index in [4.69, 9.17) is 9.47 Å². The summed E-state index contributed by atoms with van der Waals surface area (Å²) in [6, 6.07) is 0.0119. The number of ether oxygens (including phenoxy) is 2. The minimum Gasteiger partial charge on any atom is -0.471 e. The molecule has 3 rings (SSSR count). The number of hydrogen-bond acceptors (Lipinski definition) is 5. The van der Waals surface area contributed by atoms with Crippen LogP contribution in [0.2, 0.25) is 0 Å². The summed E-state index contributed by atoms with van der Waals surface area (Å²) >= 11 is 0. The van der Waals surface area contributed by atoms with Crippen LogP contribution in [0.25, 0.3) is 0 Å². The van der Waals surface area contributed by atoms with Crippen molar-refractivity contribution in [3.8, 4) is 5.88 Å². The van der Waals surface area contributed by atoms with E-state index in [0.29, 0.717) is 13.1 Å². The number of hydrogen-bond donors (Lipinski definition) is 1.